The largest absolute Gasteiger partial charge is 0.497 e. The fourth-order valence-electron chi connectivity index (χ4n) is 2.02. The highest BCUT2D eigenvalue weighted by atomic mass is 32.2. The standard InChI is InChI=1S/C16H13F3N2O4S/c1-25-11-3-2-4-12(8-11)26-9-15(22)20-14-6-5-10(21(23)24)7-13(14)16(17,18)19/h2-8H,9H2,1H3,(H,20,22). The molecule has 2 aromatic rings. The summed E-state index contributed by atoms with van der Waals surface area (Å²) in [6.07, 6.45) is -4.84. The highest BCUT2D eigenvalue weighted by Gasteiger charge is 2.35. The number of benzene rings is 2. The average molecular weight is 386 g/mol. The van der Waals surface area contributed by atoms with E-state index < -0.39 is 33.9 Å². The number of thioether (sulfide) groups is 1. The number of carbonyl (C=O) groups is 1. The summed E-state index contributed by atoms with van der Waals surface area (Å²) in [5.74, 6) is -0.219. The summed E-state index contributed by atoms with van der Waals surface area (Å²) in [5.41, 5.74) is -2.51. The molecular formula is C16H13F3N2O4S. The van der Waals surface area contributed by atoms with Crippen molar-refractivity contribution < 1.29 is 27.6 Å². The number of anilines is 1. The van der Waals surface area contributed by atoms with Crippen molar-refractivity contribution in [1.82, 2.24) is 0 Å². The number of nitro groups is 1. The van der Waals surface area contributed by atoms with Gasteiger partial charge in [0.2, 0.25) is 5.91 Å². The molecule has 0 saturated heterocycles. The van der Waals surface area contributed by atoms with Crippen molar-refractivity contribution >= 4 is 29.0 Å². The van der Waals surface area contributed by atoms with Gasteiger partial charge in [0.25, 0.3) is 5.69 Å². The van der Waals surface area contributed by atoms with Crippen LogP contribution in [-0.2, 0) is 11.0 Å². The third kappa shape index (κ3) is 5.12. The number of nitro benzene ring substituents is 1. The molecule has 2 rings (SSSR count). The van der Waals surface area contributed by atoms with Crippen LogP contribution in [0.4, 0.5) is 24.5 Å². The smallest absolute Gasteiger partial charge is 0.418 e. The molecule has 0 aliphatic rings. The Morgan fingerprint density at radius 2 is 2.00 bits per heavy atom. The van der Waals surface area contributed by atoms with Gasteiger partial charge in [0, 0.05) is 17.0 Å². The van der Waals surface area contributed by atoms with Crippen molar-refractivity contribution in [1.29, 1.82) is 0 Å². The Hall–Kier alpha value is -2.75. The zero-order valence-electron chi connectivity index (χ0n) is 13.4. The number of rotatable bonds is 6. The number of halogens is 3. The molecule has 0 heterocycles. The van der Waals surface area contributed by atoms with Gasteiger partial charge in [-0.1, -0.05) is 6.07 Å². The molecule has 0 aliphatic carbocycles. The van der Waals surface area contributed by atoms with Crippen LogP contribution in [0.3, 0.4) is 0 Å². The number of amides is 1. The maximum atomic E-state index is 13.1. The van der Waals surface area contributed by atoms with Crippen LogP contribution in [0.25, 0.3) is 0 Å². The lowest BCUT2D eigenvalue weighted by Gasteiger charge is -2.13. The fraction of sp³-hybridized carbons (Fsp3) is 0.188. The molecule has 0 radical (unpaired) electrons. The Morgan fingerprint density at radius 3 is 2.62 bits per heavy atom. The van der Waals surface area contributed by atoms with Crippen molar-refractivity contribution in [3.63, 3.8) is 0 Å². The maximum absolute atomic E-state index is 13.1. The Kier molecular flexibility index (Phi) is 6.09. The van der Waals surface area contributed by atoms with Crippen LogP contribution in [0.15, 0.2) is 47.4 Å². The van der Waals surface area contributed by atoms with E-state index in [1.807, 2.05) is 0 Å². The van der Waals surface area contributed by atoms with Crippen LogP contribution in [0.2, 0.25) is 0 Å². The normalized spacial score (nSPS) is 11.1. The van der Waals surface area contributed by atoms with Crippen LogP contribution in [-0.4, -0.2) is 23.7 Å². The second kappa shape index (κ2) is 8.09. The van der Waals surface area contributed by atoms with E-state index in [1.54, 1.807) is 24.3 Å². The number of non-ortho nitro benzene ring substituents is 1. The minimum Gasteiger partial charge on any atom is -0.497 e. The average Bonchev–Trinajstić information content (AvgIpc) is 2.59. The molecule has 0 aliphatic heterocycles. The first kappa shape index (κ1) is 19.6. The molecular weight excluding hydrogens is 373 g/mol. The number of methoxy groups -OCH3 is 1. The molecule has 138 valence electrons. The molecule has 0 aromatic heterocycles. The number of hydrogen-bond acceptors (Lipinski definition) is 5. The topological polar surface area (TPSA) is 81.5 Å². The Morgan fingerprint density at radius 1 is 1.27 bits per heavy atom. The second-order valence-corrected chi connectivity index (χ2v) is 6.05. The van der Waals surface area contributed by atoms with Gasteiger partial charge in [0.1, 0.15) is 5.75 Å². The number of carbonyl (C=O) groups excluding carboxylic acids is 1. The quantitative estimate of drug-likeness (QED) is 0.453. The van der Waals surface area contributed by atoms with E-state index in [2.05, 4.69) is 5.32 Å². The molecule has 0 fully saturated rings. The van der Waals surface area contributed by atoms with E-state index >= 15 is 0 Å². The molecule has 0 saturated carbocycles. The minimum absolute atomic E-state index is 0.137. The molecule has 1 N–H and O–H groups in total. The Labute approximate surface area is 150 Å². The highest BCUT2D eigenvalue weighted by molar-refractivity contribution is 8.00. The van der Waals surface area contributed by atoms with Crippen LogP contribution in [0.1, 0.15) is 5.56 Å². The molecule has 0 unspecified atom stereocenters. The van der Waals surface area contributed by atoms with Crippen molar-refractivity contribution in [2.24, 2.45) is 0 Å². The van der Waals surface area contributed by atoms with Crippen LogP contribution < -0.4 is 10.1 Å². The number of ether oxygens (including phenoxy) is 1. The predicted molar refractivity (Wildman–Crippen MR) is 90.4 cm³/mol. The first-order chi connectivity index (χ1) is 12.2. The highest BCUT2D eigenvalue weighted by Crippen LogP contribution is 2.37. The SMILES string of the molecule is COc1cccc(SCC(=O)Nc2ccc([N+](=O)[O-])cc2C(F)(F)F)c1. The fourth-order valence-corrected chi connectivity index (χ4v) is 2.76. The van der Waals surface area contributed by atoms with Gasteiger partial charge in [-0.25, -0.2) is 0 Å². The summed E-state index contributed by atoms with van der Waals surface area (Å²) in [4.78, 5) is 22.4. The third-order valence-corrected chi connectivity index (χ3v) is 4.20. The van der Waals surface area contributed by atoms with Crippen LogP contribution >= 0.6 is 11.8 Å². The monoisotopic (exact) mass is 386 g/mol. The third-order valence-electron chi connectivity index (χ3n) is 3.20. The van der Waals surface area contributed by atoms with E-state index in [0.717, 1.165) is 23.9 Å². The summed E-state index contributed by atoms with van der Waals surface area (Å²) < 4.78 is 44.3. The van der Waals surface area contributed by atoms with E-state index in [9.17, 15) is 28.1 Å². The van der Waals surface area contributed by atoms with Gasteiger partial charge in [0.05, 0.1) is 29.0 Å². The molecule has 6 nitrogen and oxygen atoms in total. The van der Waals surface area contributed by atoms with E-state index in [-0.39, 0.29) is 5.75 Å². The second-order valence-electron chi connectivity index (χ2n) is 5.00. The van der Waals surface area contributed by atoms with Gasteiger partial charge in [-0.15, -0.1) is 11.8 Å². The lowest BCUT2D eigenvalue weighted by molar-refractivity contribution is -0.385. The molecule has 26 heavy (non-hydrogen) atoms. The first-order valence-electron chi connectivity index (χ1n) is 7.13. The molecule has 0 atom stereocenters. The number of nitrogens with one attached hydrogen (secondary N) is 1. The van der Waals surface area contributed by atoms with Gasteiger partial charge in [-0.05, 0) is 24.3 Å². The Bertz CT molecular complexity index is 827. The van der Waals surface area contributed by atoms with Crippen molar-refractivity contribution in [3.8, 4) is 5.75 Å². The number of hydrogen-bond donors (Lipinski definition) is 1. The van der Waals surface area contributed by atoms with Gasteiger partial charge >= 0.3 is 6.18 Å². The van der Waals surface area contributed by atoms with E-state index in [0.29, 0.717) is 16.7 Å². The van der Waals surface area contributed by atoms with Gasteiger partial charge in [0.15, 0.2) is 0 Å². The summed E-state index contributed by atoms with van der Waals surface area (Å²) in [6, 6.07) is 9.02. The molecule has 2 aromatic carbocycles. The van der Waals surface area contributed by atoms with Gasteiger partial charge < -0.3 is 10.1 Å². The molecule has 0 spiro atoms. The minimum atomic E-state index is -4.84. The number of alkyl halides is 3. The predicted octanol–water partition coefficient (Wildman–Crippen LogP) is 4.35. The van der Waals surface area contributed by atoms with Gasteiger partial charge in [-0.3, -0.25) is 14.9 Å². The lowest BCUT2D eigenvalue weighted by Crippen LogP contribution is -2.18. The first-order valence-corrected chi connectivity index (χ1v) is 8.11. The summed E-state index contributed by atoms with van der Waals surface area (Å²) in [6.45, 7) is 0. The zero-order valence-corrected chi connectivity index (χ0v) is 14.2. The van der Waals surface area contributed by atoms with Crippen molar-refractivity contribution in [2.45, 2.75) is 11.1 Å². The molecule has 0 bridgehead atoms. The molecule has 1 amide bonds. The lowest BCUT2D eigenvalue weighted by atomic mass is 10.1. The summed E-state index contributed by atoms with van der Waals surface area (Å²) in [7, 11) is 1.49. The van der Waals surface area contributed by atoms with Crippen LogP contribution in [0, 0.1) is 10.1 Å². The van der Waals surface area contributed by atoms with E-state index in [1.165, 1.54) is 7.11 Å². The zero-order chi connectivity index (χ0) is 19.3. The molecule has 10 heteroatoms. The van der Waals surface area contributed by atoms with Crippen LogP contribution in [0.5, 0.6) is 5.75 Å². The van der Waals surface area contributed by atoms with E-state index in [4.69, 9.17) is 4.74 Å². The van der Waals surface area contributed by atoms with Crippen molar-refractivity contribution in [3.05, 3.63) is 58.1 Å². The summed E-state index contributed by atoms with van der Waals surface area (Å²) in [5, 5.41) is 12.8. The Balaban J connectivity index is 2.11. The maximum Gasteiger partial charge on any atom is 0.418 e. The summed E-state index contributed by atoms with van der Waals surface area (Å²) >= 11 is 1.12. The number of nitrogens with zero attached hydrogens (tertiary/aromatic N) is 1. The van der Waals surface area contributed by atoms with Gasteiger partial charge in [-0.2, -0.15) is 13.2 Å². The van der Waals surface area contributed by atoms with Crippen molar-refractivity contribution in [2.75, 3.05) is 18.2 Å².